The van der Waals surface area contributed by atoms with Crippen molar-refractivity contribution in [2.45, 2.75) is 6.42 Å². The summed E-state index contributed by atoms with van der Waals surface area (Å²) in [6.07, 6.45) is 9.08. The van der Waals surface area contributed by atoms with Crippen molar-refractivity contribution in [1.29, 1.82) is 0 Å². The average molecular weight is 130 g/mol. The molecule has 0 N–H and O–H groups in total. The summed E-state index contributed by atoms with van der Waals surface area (Å²) in [7, 11) is 0. The lowest BCUT2D eigenvalue weighted by Gasteiger charge is -1.90. The molecule has 0 saturated carbocycles. The molecule has 0 spiro atoms. The standard InChI is InChI=1S/C9H8N/c1-7-6-8-4-2-3-5-9(8)10-7/h2-5H,1,6H2/q+1. The Morgan fingerprint density at radius 1 is 1.60 bits per heavy atom. The number of aliphatic imine (C=N–C) groups is 1. The van der Waals surface area contributed by atoms with Gasteiger partial charge in [0, 0.05) is 6.42 Å². The van der Waals surface area contributed by atoms with Crippen LogP contribution in [0.4, 0.5) is 0 Å². The molecular weight excluding hydrogens is 122 g/mol. The highest BCUT2D eigenvalue weighted by molar-refractivity contribution is 6.12. The zero-order valence-corrected chi connectivity index (χ0v) is 5.67. The van der Waals surface area contributed by atoms with Crippen molar-refractivity contribution in [2.24, 2.45) is 4.99 Å². The predicted molar refractivity (Wildman–Crippen MR) is 42.7 cm³/mol. The smallest absolute Gasteiger partial charge is 0.176 e. The molecule has 1 heterocycles. The Balaban J connectivity index is 2.43. The Kier molecular flexibility index (Phi) is 1.04. The topological polar surface area (TPSA) is 12.4 Å². The minimum Gasteiger partial charge on any atom is -0.225 e. The zero-order chi connectivity index (χ0) is 6.97. The summed E-state index contributed by atoms with van der Waals surface area (Å²) in [6, 6.07) is 0. The fourth-order valence-corrected chi connectivity index (χ4v) is 1.20. The number of hydrogen-bond donors (Lipinski definition) is 0. The molecule has 0 saturated heterocycles. The van der Waals surface area contributed by atoms with Gasteiger partial charge in [-0.05, 0) is 0 Å². The van der Waals surface area contributed by atoms with Gasteiger partial charge in [-0.3, -0.25) is 0 Å². The van der Waals surface area contributed by atoms with Gasteiger partial charge in [0.2, 0.25) is 0 Å². The minimum atomic E-state index is 0.927. The lowest BCUT2D eigenvalue weighted by Crippen LogP contribution is -1.95. The van der Waals surface area contributed by atoms with Gasteiger partial charge in [-0.1, -0.05) is 6.58 Å². The molecule has 0 unspecified atom stereocenters. The molecule has 0 aromatic heterocycles. The Morgan fingerprint density at radius 3 is 3.30 bits per heavy atom. The van der Waals surface area contributed by atoms with E-state index in [-0.39, 0.29) is 0 Å². The van der Waals surface area contributed by atoms with E-state index in [2.05, 4.69) is 17.6 Å². The van der Waals surface area contributed by atoms with Gasteiger partial charge in [-0.2, -0.15) is 0 Å². The van der Waals surface area contributed by atoms with Gasteiger partial charge in [0.05, 0.1) is 35.9 Å². The number of rotatable bonds is 0. The summed E-state index contributed by atoms with van der Waals surface area (Å²) >= 11 is 0. The summed E-state index contributed by atoms with van der Waals surface area (Å²) in [5, 5.41) is 0. The third-order valence-electron chi connectivity index (χ3n) is 1.66. The highest BCUT2D eigenvalue weighted by Crippen LogP contribution is 2.24. The van der Waals surface area contributed by atoms with Crippen LogP contribution in [-0.4, -0.2) is 5.71 Å². The summed E-state index contributed by atoms with van der Waals surface area (Å²) < 4.78 is 0. The van der Waals surface area contributed by atoms with Gasteiger partial charge in [0.1, 0.15) is 0 Å². The number of fused-ring (bicyclic) bond motifs is 1. The molecule has 1 nitrogen and oxygen atoms in total. The zero-order valence-electron chi connectivity index (χ0n) is 5.67. The highest BCUT2D eigenvalue weighted by Gasteiger charge is 2.22. The number of allylic oxidation sites excluding steroid dienone is 4. The molecule has 10 heavy (non-hydrogen) atoms. The normalized spacial score (nSPS) is 21.4. The second kappa shape index (κ2) is 1.87. The fraction of sp³-hybridized carbons (Fsp3) is 0.111. The van der Waals surface area contributed by atoms with Gasteiger partial charge >= 0.3 is 0 Å². The van der Waals surface area contributed by atoms with Crippen LogP contribution in [0.25, 0.3) is 0 Å². The van der Waals surface area contributed by atoms with Crippen molar-refractivity contribution >= 4 is 5.71 Å². The van der Waals surface area contributed by atoms with Crippen LogP contribution in [-0.2, 0) is 0 Å². The summed E-state index contributed by atoms with van der Waals surface area (Å²) in [4.78, 5) is 4.26. The second-order valence-corrected chi connectivity index (χ2v) is 2.48. The maximum Gasteiger partial charge on any atom is 0.176 e. The second-order valence-electron chi connectivity index (χ2n) is 2.48. The van der Waals surface area contributed by atoms with Crippen molar-refractivity contribution < 1.29 is 0 Å². The van der Waals surface area contributed by atoms with E-state index in [1.54, 1.807) is 0 Å². The molecule has 2 aliphatic rings. The maximum atomic E-state index is 4.26. The van der Waals surface area contributed by atoms with Crippen LogP contribution in [0.5, 0.6) is 0 Å². The van der Waals surface area contributed by atoms with E-state index in [1.165, 1.54) is 5.57 Å². The molecule has 0 amide bonds. The van der Waals surface area contributed by atoms with E-state index >= 15 is 0 Å². The van der Waals surface area contributed by atoms with Crippen molar-refractivity contribution in [1.82, 2.24) is 0 Å². The van der Waals surface area contributed by atoms with Gasteiger partial charge in [-0.15, -0.1) is 0 Å². The van der Waals surface area contributed by atoms with E-state index in [0.29, 0.717) is 0 Å². The summed E-state index contributed by atoms with van der Waals surface area (Å²) in [5.41, 5.74) is 3.36. The van der Waals surface area contributed by atoms with E-state index in [9.17, 15) is 0 Å². The van der Waals surface area contributed by atoms with Gasteiger partial charge < -0.3 is 0 Å². The first-order valence-corrected chi connectivity index (χ1v) is 3.34. The van der Waals surface area contributed by atoms with Crippen LogP contribution in [0.2, 0.25) is 0 Å². The third kappa shape index (κ3) is 0.711. The molecule has 0 aromatic carbocycles. The van der Waals surface area contributed by atoms with Gasteiger partial charge in [0.15, 0.2) is 5.71 Å². The third-order valence-corrected chi connectivity index (χ3v) is 1.66. The van der Waals surface area contributed by atoms with E-state index in [4.69, 9.17) is 0 Å². The molecule has 0 radical (unpaired) electrons. The molecule has 1 heteroatoms. The molecule has 0 aromatic rings. The quantitative estimate of drug-likeness (QED) is 0.445. The Hall–Kier alpha value is -1.24. The van der Waals surface area contributed by atoms with Crippen LogP contribution in [0.1, 0.15) is 6.42 Å². The summed E-state index contributed by atoms with van der Waals surface area (Å²) in [6.45, 7) is 3.80. The molecular formula is C9H8N+. The highest BCUT2D eigenvalue weighted by atomic mass is 14.8. The van der Waals surface area contributed by atoms with Gasteiger partial charge in [0.25, 0.3) is 0 Å². The first kappa shape index (κ1) is 5.54. The van der Waals surface area contributed by atoms with Crippen LogP contribution in [0, 0.1) is 6.42 Å². The number of hydrogen-bond acceptors (Lipinski definition) is 1. The first-order chi connectivity index (χ1) is 4.86. The van der Waals surface area contributed by atoms with Crippen LogP contribution < -0.4 is 0 Å². The molecule has 1 aliphatic carbocycles. The average Bonchev–Trinajstić information content (AvgIpc) is 2.27. The van der Waals surface area contributed by atoms with Crippen molar-refractivity contribution in [3.05, 3.63) is 42.5 Å². The van der Waals surface area contributed by atoms with Crippen molar-refractivity contribution in [2.75, 3.05) is 0 Å². The van der Waals surface area contributed by atoms with Gasteiger partial charge in [-0.25, -0.2) is 4.99 Å². The maximum absolute atomic E-state index is 4.26. The van der Waals surface area contributed by atoms with E-state index < -0.39 is 0 Å². The summed E-state index contributed by atoms with van der Waals surface area (Å²) in [5.74, 6) is 0. The van der Waals surface area contributed by atoms with Crippen LogP contribution in [0.3, 0.4) is 0 Å². The lowest BCUT2D eigenvalue weighted by atomic mass is 10.0. The molecule has 1 aliphatic heterocycles. The first-order valence-electron chi connectivity index (χ1n) is 3.34. The van der Waals surface area contributed by atoms with Crippen LogP contribution >= 0.6 is 0 Å². The fourth-order valence-electron chi connectivity index (χ4n) is 1.20. The van der Waals surface area contributed by atoms with E-state index in [1.807, 2.05) is 18.6 Å². The molecule has 0 atom stereocenters. The van der Waals surface area contributed by atoms with Crippen molar-refractivity contribution in [3.8, 4) is 0 Å². The molecule has 0 bridgehead atoms. The Bertz CT molecular complexity index is 266. The minimum absolute atomic E-state index is 0.927. The SMILES string of the molecule is C=C1CC2=C[CH+]C=CC2=N1. The molecule has 2 rings (SSSR count). The number of nitrogens with zero attached hydrogens (tertiary/aromatic N) is 1. The predicted octanol–water partition coefficient (Wildman–Crippen LogP) is 2.05. The van der Waals surface area contributed by atoms with Crippen molar-refractivity contribution in [3.63, 3.8) is 0 Å². The van der Waals surface area contributed by atoms with Crippen LogP contribution in [0.15, 0.2) is 41.1 Å². The Labute approximate surface area is 60.5 Å². The van der Waals surface area contributed by atoms with E-state index in [0.717, 1.165) is 17.8 Å². The largest absolute Gasteiger partial charge is 0.225 e. The molecule has 0 fully saturated rings. The monoisotopic (exact) mass is 130 g/mol. The Morgan fingerprint density at radius 2 is 2.50 bits per heavy atom. The lowest BCUT2D eigenvalue weighted by molar-refractivity contribution is 1.21. The molecule has 48 valence electrons.